The van der Waals surface area contributed by atoms with Gasteiger partial charge in [0.25, 0.3) is 0 Å². The molecule has 0 unspecified atom stereocenters. The molecule has 26 heavy (non-hydrogen) atoms. The molecule has 0 saturated heterocycles. The Hall–Kier alpha value is -1.82. The maximum atomic E-state index is 2.52. The zero-order valence-corrected chi connectivity index (χ0v) is 17.1. The first-order chi connectivity index (χ1) is 12.3. The Labute approximate surface area is 159 Å². The van der Waals surface area contributed by atoms with Crippen LogP contribution < -0.4 is 0 Å². The fourth-order valence-electron chi connectivity index (χ4n) is 4.76. The van der Waals surface area contributed by atoms with E-state index in [1.807, 2.05) is 0 Å². The van der Waals surface area contributed by atoms with Gasteiger partial charge in [0.05, 0.1) is 0 Å². The lowest BCUT2D eigenvalue weighted by atomic mass is 9.84. The molecule has 2 aliphatic carbocycles. The number of rotatable bonds is 3. The number of hydrogen-bond acceptors (Lipinski definition) is 0. The number of aryl methyl sites for hydroxylation is 1. The molecule has 0 saturated carbocycles. The molecule has 0 bridgehead atoms. The topological polar surface area (TPSA) is 0 Å². The van der Waals surface area contributed by atoms with Gasteiger partial charge in [-0.2, -0.15) is 0 Å². The van der Waals surface area contributed by atoms with Crippen molar-refractivity contribution >= 4 is 6.08 Å². The fourth-order valence-corrected chi connectivity index (χ4v) is 4.76. The van der Waals surface area contributed by atoms with Gasteiger partial charge in [0, 0.05) is 0 Å². The maximum Gasteiger partial charge on any atom is -0.00574 e. The SMILES string of the molecule is CC(C)CC1=Cc2c(cc3c(c2-c2ccc(C(C)(C)C)cc2)CCC3)C1. The van der Waals surface area contributed by atoms with Crippen molar-refractivity contribution in [1.82, 2.24) is 0 Å². The molecule has 2 aliphatic rings. The van der Waals surface area contributed by atoms with Gasteiger partial charge in [-0.3, -0.25) is 0 Å². The van der Waals surface area contributed by atoms with E-state index < -0.39 is 0 Å². The van der Waals surface area contributed by atoms with Crippen molar-refractivity contribution in [2.75, 3.05) is 0 Å². The van der Waals surface area contributed by atoms with Crippen molar-refractivity contribution in [3.8, 4) is 11.1 Å². The first kappa shape index (κ1) is 17.6. The Morgan fingerprint density at radius 2 is 1.69 bits per heavy atom. The summed E-state index contributed by atoms with van der Waals surface area (Å²) in [6, 6.07) is 11.9. The van der Waals surface area contributed by atoms with Gasteiger partial charge < -0.3 is 0 Å². The summed E-state index contributed by atoms with van der Waals surface area (Å²) in [4.78, 5) is 0. The Morgan fingerprint density at radius 1 is 0.962 bits per heavy atom. The molecule has 4 rings (SSSR count). The highest BCUT2D eigenvalue weighted by Crippen LogP contribution is 2.43. The van der Waals surface area contributed by atoms with Gasteiger partial charge >= 0.3 is 0 Å². The van der Waals surface area contributed by atoms with Crippen LogP contribution in [0.4, 0.5) is 0 Å². The normalized spacial score (nSPS) is 16.0. The fraction of sp³-hybridized carbons (Fsp3) is 0.462. The summed E-state index contributed by atoms with van der Waals surface area (Å²) in [5, 5.41) is 0. The predicted molar refractivity (Wildman–Crippen MR) is 114 cm³/mol. The molecule has 136 valence electrons. The van der Waals surface area contributed by atoms with Crippen molar-refractivity contribution in [3.05, 3.63) is 63.7 Å². The standard InChI is InChI=1S/C26H32/c1-17(2)13-18-14-21-16-20-7-6-8-23(20)25(24(21)15-18)19-9-11-22(12-10-19)26(3,4)5/h9-12,15-17H,6-8,13-14H2,1-5H3. The third-order valence-corrected chi connectivity index (χ3v) is 6.00. The monoisotopic (exact) mass is 344 g/mol. The van der Waals surface area contributed by atoms with Crippen LogP contribution in [0, 0.1) is 5.92 Å². The molecule has 0 heteroatoms. The quantitative estimate of drug-likeness (QED) is 0.556. The second-order valence-corrected chi connectivity index (χ2v) is 9.72. The largest absolute Gasteiger partial charge is 0.0649 e. The highest BCUT2D eigenvalue weighted by molar-refractivity contribution is 5.84. The Morgan fingerprint density at radius 3 is 2.35 bits per heavy atom. The van der Waals surface area contributed by atoms with E-state index in [2.05, 4.69) is 71.0 Å². The minimum absolute atomic E-state index is 0.212. The van der Waals surface area contributed by atoms with E-state index in [4.69, 9.17) is 0 Å². The van der Waals surface area contributed by atoms with E-state index >= 15 is 0 Å². The molecule has 0 aromatic heterocycles. The molecule has 0 radical (unpaired) electrons. The average Bonchev–Trinajstić information content (AvgIpc) is 3.16. The minimum atomic E-state index is 0.212. The molecule has 0 fully saturated rings. The summed E-state index contributed by atoms with van der Waals surface area (Å²) in [5.74, 6) is 0.733. The third kappa shape index (κ3) is 3.15. The smallest absolute Gasteiger partial charge is 0.00574 e. The van der Waals surface area contributed by atoms with Crippen LogP contribution in [0.3, 0.4) is 0 Å². The maximum absolute atomic E-state index is 2.52. The van der Waals surface area contributed by atoms with Crippen LogP contribution >= 0.6 is 0 Å². The van der Waals surface area contributed by atoms with Crippen molar-refractivity contribution in [3.63, 3.8) is 0 Å². The summed E-state index contributed by atoms with van der Waals surface area (Å²) in [6.45, 7) is 11.5. The van der Waals surface area contributed by atoms with Gasteiger partial charge in [0.2, 0.25) is 0 Å². The minimum Gasteiger partial charge on any atom is -0.0649 e. The molecule has 0 nitrogen and oxygen atoms in total. The van der Waals surface area contributed by atoms with Crippen LogP contribution in [0.1, 0.15) is 75.3 Å². The van der Waals surface area contributed by atoms with E-state index in [0.29, 0.717) is 0 Å². The van der Waals surface area contributed by atoms with Gasteiger partial charge in [-0.25, -0.2) is 0 Å². The molecule has 0 amide bonds. The molecule has 0 heterocycles. The summed E-state index contributed by atoms with van der Waals surface area (Å²) < 4.78 is 0. The lowest BCUT2D eigenvalue weighted by molar-refractivity contribution is 0.590. The summed E-state index contributed by atoms with van der Waals surface area (Å²) in [7, 11) is 0. The van der Waals surface area contributed by atoms with Crippen LogP contribution in [0.15, 0.2) is 35.9 Å². The van der Waals surface area contributed by atoms with Gasteiger partial charge in [0.1, 0.15) is 0 Å². The second kappa shape index (κ2) is 6.41. The third-order valence-electron chi connectivity index (χ3n) is 6.00. The lowest BCUT2D eigenvalue weighted by Crippen LogP contribution is -2.10. The summed E-state index contributed by atoms with van der Waals surface area (Å²) in [5.41, 5.74) is 12.5. The first-order valence-electron chi connectivity index (χ1n) is 10.3. The van der Waals surface area contributed by atoms with Gasteiger partial charge in [-0.05, 0) is 82.4 Å². The molecule has 0 spiro atoms. The summed E-state index contributed by atoms with van der Waals surface area (Å²) >= 11 is 0. The van der Waals surface area contributed by atoms with Crippen molar-refractivity contribution in [1.29, 1.82) is 0 Å². The van der Waals surface area contributed by atoms with Crippen molar-refractivity contribution < 1.29 is 0 Å². The highest BCUT2D eigenvalue weighted by atomic mass is 14.3. The number of fused-ring (bicyclic) bond motifs is 2. The first-order valence-corrected chi connectivity index (χ1v) is 10.3. The van der Waals surface area contributed by atoms with Crippen molar-refractivity contribution in [2.45, 2.75) is 72.1 Å². The van der Waals surface area contributed by atoms with E-state index in [9.17, 15) is 0 Å². The zero-order chi connectivity index (χ0) is 18.5. The molecule has 0 aliphatic heterocycles. The van der Waals surface area contributed by atoms with Crippen LogP contribution in [0.5, 0.6) is 0 Å². The zero-order valence-electron chi connectivity index (χ0n) is 17.1. The molecule has 2 aromatic rings. The molecule has 0 atom stereocenters. The van der Waals surface area contributed by atoms with E-state index in [1.54, 1.807) is 22.3 Å². The Bertz CT molecular complexity index is 854. The predicted octanol–water partition coefficient (Wildman–Crippen LogP) is 7.13. The second-order valence-electron chi connectivity index (χ2n) is 9.72. The van der Waals surface area contributed by atoms with Gasteiger partial charge in [0.15, 0.2) is 0 Å². The van der Waals surface area contributed by atoms with Crippen LogP contribution in [0.2, 0.25) is 0 Å². The van der Waals surface area contributed by atoms with E-state index in [0.717, 1.165) is 12.3 Å². The van der Waals surface area contributed by atoms with E-state index in [-0.39, 0.29) is 5.41 Å². The number of allylic oxidation sites excluding steroid dienone is 1. The molecule has 0 N–H and O–H groups in total. The van der Waals surface area contributed by atoms with Gasteiger partial charge in [-0.15, -0.1) is 0 Å². The molecular formula is C26H32. The Balaban J connectivity index is 1.82. The van der Waals surface area contributed by atoms with E-state index in [1.165, 1.54) is 47.9 Å². The van der Waals surface area contributed by atoms with Crippen molar-refractivity contribution in [2.24, 2.45) is 5.92 Å². The van der Waals surface area contributed by atoms with Crippen LogP contribution in [0.25, 0.3) is 17.2 Å². The average molecular weight is 345 g/mol. The summed E-state index contributed by atoms with van der Waals surface area (Å²) in [6.07, 6.45) is 8.71. The van der Waals surface area contributed by atoms with Crippen LogP contribution in [-0.4, -0.2) is 0 Å². The van der Waals surface area contributed by atoms with Gasteiger partial charge in [-0.1, -0.05) is 76.6 Å². The van der Waals surface area contributed by atoms with Crippen LogP contribution in [-0.2, 0) is 24.7 Å². The number of benzene rings is 2. The Kier molecular flexibility index (Phi) is 4.34. The lowest BCUT2D eigenvalue weighted by Gasteiger charge is -2.20. The highest BCUT2D eigenvalue weighted by Gasteiger charge is 2.25. The molecular weight excluding hydrogens is 312 g/mol. The molecule has 2 aromatic carbocycles. The number of hydrogen-bond donors (Lipinski definition) is 0.